The van der Waals surface area contributed by atoms with Gasteiger partial charge in [0, 0.05) is 20.1 Å². The fourth-order valence-corrected chi connectivity index (χ4v) is 5.15. The molecule has 1 aromatic rings. The van der Waals surface area contributed by atoms with Gasteiger partial charge in [-0.3, -0.25) is 0 Å². The average molecular weight is 338 g/mol. The summed E-state index contributed by atoms with van der Waals surface area (Å²) in [5.41, 5.74) is 0.789. The lowest BCUT2D eigenvalue weighted by Crippen LogP contribution is -2.40. The molecule has 0 spiro atoms. The van der Waals surface area contributed by atoms with E-state index in [4.69, 9.17) is 4.74 Å². The summed E-state index contributed by atoms with van der Waals surface area (Å²) in [6, 6.07) is 5.45. The van der Waals surface area contributed by atoms with Crippen LogP contribution < -0.4 is 9.64 Å². The molecule has 0 saturated carbocycles. The monoisotopic (exact) mass is 338 g/mol. The van der Waals surface area contributed by atoms with Crippen molar-refractivity contribution in [1.29, 1.82) is 0 Å². The molecular formula is C17H26N2O3S. The van der Waals surface area contributed by atoms with Crippen LogP contribution in [0.5, 0.6) is 5.75 Å². The first-order valence-electron chi connectivity index (χ1n) is 8.40. The van der Waals surface area contributed by atoms with Gasteiger partial charge in [0.15, 0.2) is 0 Å². The fraction of sp³-hybridized carbons (Fsp3) is 0.647. The summed E-state index contributed by atoms with van der Waals surface area (Å²) in [4.78, 5) is 2.51. The first-order valence-corrected chi connectivity index (χ1v) is 9.84. The smallest absolute Gasteiger partial charge is 0.248 e. The second-order valence-corrected chi connectivity index (χ2v) is 8.85. The molecule has 1 atom stereocenters. The van der Waals surface area contributed by atoms with Crippen molar-refractivity contribution in [3.63, 3.8) is 0 Å². The maximum absolute atomic E-state index is 13.2. The zero-order valence-corrected chi connectivity index (χ0v) is 15.0. The average Bonchev–Trinajstić information content (AvgIpc) is 3.01. The van der Waals surface area contributed by atoms with Crippen molar-refractivity contribution in [2.24, 2.45) is 5.92 Å². The summed E-state index contributed by atoms with van der Waals surface area (Å²) < 4.78 is 33.9. The molecule has 0 aliphatic carbocycles. The van der Waals surface area contributed by atoms with Gasteiger partial charge < -0.3 is 9.64 Å². The molecule has 23 heavy (non-hydrogen) atoms. The standard InChI is InChI=1S/C17H26N2O3S/c1-13(2)11-14-12-22-16-8-6-7-15(19-9-4-5-10-19)17(16)23(20,21)18(14)3/h6-8,13-14H,4-5,9-12H2,1-3H3/t14-/m1/s1. The minimum atomic E-state index is -3.55. The number of benzene rings is 1. The van der Waals surface area contributed by atoms with E-state index >= 15 is 0 Å². The van der Waals surface area contributed by atoms with Crippen LogP contribution in [0.4, 0.5) is 5.69 Å². The van der Waals surface area contributed by atoms with Crippen LogP contribution in [0.15, 0.2) is 23.1 Å². The highest BCUT2D eigenvalue weighted by Gasteiger charge is 2.37. The van der Waals surface area contributed by atoms with E-state index in [-0.39, 0.29) is 6.04 Å². The number of anilines is 1. The van der Waals surface area contributed by atoms with Gasteiger partial charge >= 0.3 is 0 Å². The molecule has 0 radical (unpaired) electrons. The van der Waals surface area contributed by atoms with Crippen LogP contribution >= 0.6 is 0 Å². The summed E-state index contributed by atoms with van der Waals surface area (Å²) in [5, 5.41) is 0. The van der Waals surface area contributed by atoms with E-state index in [0.717, 1.165) is 38.0 Å². The van der Waals surface area contributed by atoms with E-state index in [9.17, 15) is 8.42 Å². The zero-order chi connectivity index (χ0) is 16.6. The van der Waals surface area contributed by atoms with Gasteiger partial charge in [-0.1, -0.05) is 19.9 Å². The molecule has 0 bridgehead atoms. The lowest BCUT2D eigenvalue weighted by molar-refractivity contribution is 0.207. The van der Waals surface area contributed by atoms with Crippen LogP contribution in [0, 0.1) is 5.92 Å². The Balaban J connectivity index is 2.06. The SMILES string of the molecule is CC(C)C[C@@H]1COc2cccc(N3CCCC3)c2S(=O)(=O)N1C. The molecule has 1 saturated heterocycles. The highest BCUT2D eigenvalue weighted by molar-refractivity contribution is 7.89. The molecule has 0 amide bonds. The van der Waals surface area contributed by atoms with Crippen molar-refractivity contribution in [1.82, 2.24) is 4.31 Å². The molecule has 2 heterocycles. The summed E-state index contributed by atoms with van der Waals surface area (Å²) in [6.07, 6.45) is 3.01. The topological polar surface area (TPSA) is 49.9 Å². The number of hydrogen-bond donors (Lipinski definition) is 0. The van der Waals surface area contributed by atoms with E-state index < -0.39 is 10.0 Å². The first-order chi connectivity index (χ1) is 10.9. The lowest BCUT2D eigenvalue weighted by Gasteiger charge is -2.27. The van der Waals surface area contributed by atoms with E-state index in [1.54, 1.807) is 13.1 Å². The van der Waals surface area contributed by atoms with Crippen LogP contribution in [0.2, 0.25) is 0 Å². The quantitative estimate of drug-likeness (QED) is 0.850. The molecule has 2 aliphatic rings. The second kappa shape index (κ2) is 6.32. The van der Waals surface area contributed by atoms with E-state index in [1.165, 1.54) is 4.31 Å². The summed E-state index contributed by atoms with van der Waals surface area (Å²) in [5.74, 6) is 0.910. The van der Waals surface area contributed by atoms with Crippen molar-refractivity contribution in [3.05, 3.63) is 18.2 Å². The van der Waals surface area contributed by atoms with Gasteiger partial charge in [0.25, 0.3) is 0 Å². The molecule has 5 nitrogen and oxygen atoms in total. The Morgan fingerprint density at radius 2 is 1.96 bits per heavy atom. The third-order valence-corrected chi connectivity index (χ3v) is 6.71. The van der Waals surface area contributed by atoms with Crippen molar-refractivity contribution in [3.8, 4) is 5.75 Å². The second-order valence-electron chi connectivity index (χ2n) is 6.91. The number of nitrogens with zero attached hydrogens (tertiary/aromatic N) is 2. The van der Waals surface area contributed by atoms with Crippen LogP contribution in [0.25, 0.3) is 0 Å². The van der Waals surface area contributed by atoms with Crippen LogP contribution in [0.3, 0.4) is 0 Å². The highest BCUT2D eigenvalue weighted by atomic mass is 32.2. The van der Waals surface area contributed by atoms with Gasteiger partial charge in [-0.05, 0) is 37.3 Å². The summed E-state index contributed by atoms with van der Waals surface area (Å²) in [6.45, 7) is 6.43. The van der Waals surface area contributed by atoms with E-state index in [2.05, 4.69) is 18.7 Å². The number of ether oxygens (including phenoxy) is 1. The third kappa shape index (κ3) is 3.06. The Labute approximate surface area is 139 Å². The number of rotatable bonds is 3. The molecule has 0 N–H and O–H groups in total. The number of hydrogen-bond acceptors (Lipinski definition) is 4. The molecule has 6 heteroatoms. The van der Waals surface area contributed by atoms with E-state index in [0.29, 0.717) is 23.2 Å². The summed E-state index contributed by atoms with van der Waals surface area (Å²) in [7, 11) is -1.87. The molecule has 128 valence electrons. The van der Waals surface area contributed by atoms with Gasteiger partial charge in [0.2, 0.25) is 10.0 Å². The predicted octanol–water partition coefficient (Wildman–Crippen LogP) is 2.71. The first kappa shape index (κ1) is 16.6. The van der Waals surface area contributed by atoms with Crippen LogP contribution in [-0.4, -0.2) is 45.5 Å². The van der Waals surface area contributed by atoms with Gasteiger partial charge in [-0.15, -0.1) is 0 Å². The zero-order valence-electron chi connectivity index (χ0n) is 14.2. The molecule has 2 aliphatic heterocycles. The minimum absolute atomic E-state index is 0.126. The van der Waals surface area contributed by atoms with Gasteiger partial charge in [-0.25, -0.2) is 8.42 Å². The third-order valence-electron chi connectivity index (χ3n) is 4.73. The van der Waals surface area contributed by atoms with Gasteiger partial charge in [0.1, 0.15) is 17.3 Å². The van der Waals surface area contributed by atoms with Crippen molar-refractivity contribution >= 4 is 15.7 Å². The Hall–Kier alpha value is -1.27. The maximum Gasteiger partial charge on any atom is 0.248 e. The molecule has 0 aromatic heterocycles. The number of sulfonamides is 1. The Bertz CT molecular complexity index is 666. The molecule has 1 fully saturated rings. The maximum atomic E-state index is 13.2. The normalized spacial score (nSPS) is 24.3. The molecule has 1 aromatic carbocycles. The van der Waals surface area contributed by atoms with Crippen molar-refractivity contribution < 1.29 is 13.2 Å². The lowest BCUT2D eigenvalue weighted by atomic mass is 10.0. The number of fused-ring (bicyclic) bond motifs is 1. The van der Waals surface area contributed by atoms with Crippen molar-refractivity contribution in [2.45, 2.75) is 44.0 Å². The van der Waals surface area contributed by atoms with Crippen LogP contribution in [0.1, 0.15) is 33.1 Å². The Morgan fingerprint density at radius 3 is 2.61 bits per heavy atom. The van der Waals surface area contributed by atoms with Gasteiger partial charge in [0.05, 0.1) is 11.7 Å². The highest BCUT2D eigenvalue weighted by Crippen LogP contribution is 2.39. The minimum Gasteiger partial charge on any atom is -0.490 e. The van der Waals surface area contributed by atoms with E-state index in [1.807, 2.05) is 12.1 Å². The molecule has 3 rings (SSSR count). The fourth-order valence-electron chi connectivity index (χ4n) is 3.48. The largest absolute Gasteiger partial charge is 0.490 e. The molecular weight excluding hydrogens is 312 g/mol. The predicted molar refractivity (Wildman–Crippen MR) is 91.6 cm³/mol. The van der Waals surface area contributed by atoms with Crippen molar-refractivity contribution in [2.75, 3.05) is 31.6 Å². The summed E-state index contributed by atoms with van der Waals surface area (Å²) >= 11 is 0. The van der Waals surface area contributed by atoms with Crippen LogP contribution in [-0.2, 0) is 10.0 Å². The Kier molecular flexibility index (Phi) is 4.56. The molecule has 0 unspecified atom stereocenters. The number of likely N-dealkylation sites (N-methyl/N-ethyl adjacent to an activating group) is 1. The Morgan fingerprint density at radius 1 is 1.26 bits per heavy atom. The van der Waals surface area contributed by atoms with Gasteiger partial charge in [-0.2, -0.15) is 4.31 Å².